The van der Waals surface area contributed by atoms with Gasteiger partial charge in [-0.2, -0.15) is 0 Å². The fraction of sp³-hybridized carbons (Fsp3) is 0.200. The fourth-order valence-electron chi connectivity index (χ4n) is 1.67. The highest BCUT2D eigenvalue weighted by Gasteiger charge is 2.10. The quantitative estimate of drug-likeness (QED) is 0.847. The first kappa shape index (κ1) is 13.9. The Kier molecular flexibility index (Phi) is 4.55. The molecule has 0 spiro atoms. The van der Waals surface area contributed by atoms with E-state index in [-0.39, 0.29) is 18.1 Å². The standard InChI is InChI=1S/C15H15NO4/c1-11-3-2-4-12(7-11)8-16-14(17)10-20-15(18)13-5-6-19-9-13/h2-7,9H,8,10H2,1H3,(H,16,17). The van der Waals surface area contributed by atoms with Crippen molar-refractivity contribution in [2.45, 2.75) is 13.5 Å². The highest BCUT2D eigenvalue weighted by molar-refractivity contribution is 5.90. The summed E-state index contributed by atoms with van der Waals surface area (Å²) in [6.07, 6.45) is 2.64. The molecule has 104 valence electrons. The first-order chi connectivity index (χ1) is 9.65. The van der Waals surface area contributed by atoms with Crippen LogP contribution in [0.25, 0.3) is 0 Å². The Balaban J connectivity index is 1.74. The van der Waals surface area contributed by atoms with E-state index in [4.69, 9.17) is 9.15 Å². The van der Waals surface area contributed by atoms with Crippen molar-refractivity contribution in [3.63, 3.8) is 0 Å². The molecular formula is C15H15NO4. The van der Waals surface area contributed by atoms with Gasteiger partial charge in [0.15, 0.2) is 6.61 Å². The molecule has 0 aliphatic rings. The zero-order valence-corrected chi connectivity index (χ0v) is 11.1. The summed E-state index contributed by atoms with van der Waals surface area (Å²) in [5.41, 5.74) is 2.42. The van der Waals surface area contributed by atoms with Gasteiger partial charge in [-0.05, 0) is 18.6 Å². The average Bonchev–Trinajstić information content (AvgIpc) is 2.97. The molecule has 5 nitrogen and oxygen atoms in total. The number of aryl methyl sites for hydroxylation is 1. The normalized spacial score (nSPS) is 10.1. The third-order valence-electron chi connectivity index (χ3n) is 2.66. The monoisotopic (exact) mass is 273 g/mol. The Morgan fingerprint density at radius 1 is 1.30 bits per heavy atom. The Hall–Kier alpha value is -2.56. The lowest BCUT2D eigenvalue weighted by Gasteiger charge is -2.06. The van der Waals surface area contributed by atoms with Gasteiger partial charge in [0.05, 0.1) is 11.8 Å². The number of hydrogen-bond acceptors (Lipinski definition) is 4. The van der Waals surface area contributed by atoms with Gasteiger partial charge in [0.25, 0.3) is 5.91 Å². The van der Waals surface area contributed by atoms with E-state index in [2.05, 4.69) is 5.32 Å². The van der Waals surface area contributed by atoms with Crippen molar-refractivity contribution in [3.05, 3.63) is 59.5 Å². The minimum absolute atomic E-state index is 0.288. The Bertz CT molecular complexity index is 590. The molecule has 0 saturated heterocycles. The number of amides is 1. The van der Waals surface area contributed by atoms with Crippen LogP contribution in [0.2, 0.25) is 0 Å². The second-order valence-corrected chi connectivity index (χ2v) is 4.35. The van der Waals surface area contributed by atoms with Crippen LogP contribution < -0.4 is 5.32 Å². The summed E-state index contributed by atoms with van der Waals surface area (Å²) in [6.45, 7) is 2.08. The number of benzene rings is 1. The Morgan fingerprint density at radius 2 is 2.15 bits per heavy atom. The summed E-state index contributed by atoms with van der Waals surface area (Å²) < 4.78 is 9.61. The van der Waals surface area contributed by atoms with E-state index >= 15 is 0 Å². The zero-order chi connectivity index (χ0) is 14.4. The van der Waals surface area contributed by atoms with Crippen LogP contribution in [-0.2, 0) is 16.1 Å². The van der Waals surface area contributed by atoms with Crippen molar-refractivity contribution >= 4 is 11.9 Å². The minimum atomic E-state index is -0.579. The molecule has 1 aromatic carbocycles. The number of carbonyl (C=O) groups is 2. The summed E-state index contributed by atoms with van der Waals surface area (Å²) >= 11 is 0. The molecule has 0 atom stereocenters. The van der Waals surface area contributed by atoms with Crippen LogP contribution in [0.5, 0.6) is 0 Å². The van der Waals surface area contributed by atoms with Gasteiger partial charge < -0.3 is 14.5 Å². The van der Waals surface area contributed by atoms with Crippen LogP contribution in [-0.4, -0.2) is 18.5 Å². The number of esters is 1. The van der Waals surface area contributed by atoms with E-state index in [1.807, 2.05) is 31.2 Å². The molecule has 5 heteroatoms. The number of ether oxygens (including phenoxy) is 1. The second kappa shape index (κ2) is 6.56. The predicted molar refractivity (Wildman–Crippen MR) is 72.0 cm³/mol. The number of furan rings is 1. The van der Waals surface area contributed by atoms with Crippen LogP contribution >= 0.6 is 0 Å². The maximum absolute atomic E-state index is 11.6. The summed E-state index contributed by atoms with van der Waals surface area (Å²) in [6, 6.07) is 9.29. The highest BCUT2D eigenvalue weighted by atomic mass is 16.5. The van der Waals surface area contributed by atoms with Crippen LogP contribution in [0, 0.1) is 6.92 Å². The van der Waals surface area contributed by atoms with E-state index in [9.17, 15) is 9.59 Å². The molecule has 0 unspecified atom stereocenters. The van der Waals surface area contributed by atoms with Crippen molar-refractivity contribution in [1.82, 2.24) is 5.32 Å². The summed E-state index contributed by atoms with van der Waals surface area (Å²) in [5.74, 6) is -0.923. The number of hydrogen-bond donors (Lipinski definition) is 1. The lowest BCUT2D eigenvalue weighted by molar-refractivity contribution is -0.124. The van der Waals surface area contributed by atoms with E-state index in [1.165, 1.54) is 18.6 Å². The topological polar surface area (TPSA) is 68.5 Å². The average molecular weight is 273 g/mol. The van der Waals surface area contributed by atoms with Gasteiger partial charge in [0.1, 0.15) is 6.26 Å². The Labute approximate surface area is 116 Å². The fourth-order valence-corrected chi connectivity index (χ4v) is 1.67. The third-order valence-corrected chi connectivity index (χ3v) is 2.66. The smallest absolute Gasteiger partial charge is 0.341 e. The third kappa shape index (κ3) is 3.98. The molecule has 0 fully saturated rings. The van der Waals surface area contributed by atoms with Crippen molar-refractivity contribution in [1.29, 1.82) is 0 Å². The molecule has 0 aliphatic heterocycles. The van der Waals surface area contributed by atoms with Crippen LogP contribution in [0.1, 0.15) is 21.5 Å². The number of carbonyl (C=O) groups excluding carboxylic acids is 2. The molecule has 1 amide bonds. The minimum Gasteiger partial charge on any atom is -0.472 e. The van der Waals surface area contributed by atoms with Crippen LogP contribution in [0.15, 0.2) is 47.3 Å². The van der Waals surface area contributed by atoms with Gasteiger partial charge in [-0.1, -0.05) is 29.8 Å². The molecule has 20 heavy (non-hydrogen) atoms. The van der Waals surface area contributed by atoms with Crippen LogP contribution in [0.4, 0.5) is 0 Å². The lowest BCUT2D eigenvalue weighted by atomic mass is 10.1. The van der Waals surface area contributed by atoms with E-state index in [0.717, 1.165) is 11.1 Å². The Morgan fingerprint density at radius 3 is 2.85 bits per heavy atom. The van der Waals surface area contributed by atoms with Gasteiger partial charge in [-0.25, -0.2) is 4.79 Å². The summed E-state index contributed by atoms with van der Waals surface area (Å²) in [4.78, 5) is 23.0. The SMILES string of the molecule is Cc1cccc(CNC(=O)COC(=O)c2ccoc2)c1. The molecular weight excluding hydrogens is 258 g/mol. The molecule has 0 aliphatic carbocycles. The van der Waals surface area contributed by atoms with E-state index in [0.29, 0.717) is 6.54 Å². The van der Waals surface area contributed by atoms with E-state index in [1.54, 1.807) is 0 Å². The zero-order valence-electron chi connectivity index (χ0n) is 11.1. The molecule has 0 saturated carbocycles. The number of nitrogens with one attached hydrogen (secondary N) is 1. The molecule has 2 aromatic rings. The maximum Gasteiger partial charge on any atom is 0.341 e. The maximum atomic E-state index is 11.6. The molecule has 0 radical (unpaired) electrons. The van der Waals surface area contributed by atoms with Crippen molar-refractivity contribution in [2.24, 2.45) is 0 Å². The summed E-state index contributed by atoms with van der Waals surface area (Å²) in [5, 5.41) is 2.69. The summed E-state index contributed by atoms with van der Waals surface area (Å²) in [7, 11) is 0. The van der Waals surface area contributed by atoms with Crippen molar-refractivity contribution < 1.29 is 18.7 Å². The molecule has 1 aromatic heterocycles. The molecule has 0 bridgehead atoms. The van der Waals surface area contributed by atoms with Gasteiger partial charge >= 0.3 is 5.97 Å². The highest BCUT2D eigenvalue weighted by Crippen LogP contribution is 2.04. The largest absolute Gasteiger partial charge is 0.472 e. The van der Waals surface area contributed by atoms with Gasteiger partial charge in [-0.15, -0.1) is 0 Å². The molecule has 2 rings (SSSR count). The lowest BCUT2D eigenvalue weighted by Crippen LogP contribution is -2.28. The van der Waals surface area contributed by atoms with Gasteiger partial charge in [0.2, 0.25) is 0 Å². The number of rotatable bonds is 5. The molecule has 1 N–H and O–H groups in total. The molecule has 1 heterocycles. The first-order valence-electron chi connectivity index (χ1n) is 6.17. The second-order valence-electron chi connectivity index (χ2n) is 4.35. The van der Waals surface area contributed by atoms with Crippen molar-refractivity contribution in [3.8, 4) is 0 Å². The van der Waals surface area contributed by atoms with Gasteiger partial charge in [0, 0.05) is 6.54 Å². The van der Waals surface area contributed by atoms with Crippen molar-refractivity contribution in [2.75, 3.05) is 6.61 Å². The van der Waals surface area contributed by atoms with Crippen LogP contribution in [0.3, 0.4) is 0 Å². The first-order valence-corrected chi connectivity index (χ1v) is 6.17. The predicted octanol–water partition coefficient (Wildman–Crippen LogP) is 2.06. The van der Waals surface area contributed by atoms with Gasteiger partial charge in [-0.3, -0.25) is 4.79 Å². The van der Waals surface area contributed by atoms with E-state index < -0.39 is 5.97 Å².